The number of benzene rings is 1. The molecule has 0 bridgehead atoms. The Morgan fingerprint density at radius 3 is 2.14 bits per heavy atom. The summed E-state index contributed by atoms with van der Waals surface area (Å²) in [6.45, 7) is 4.57. The van der Waals surface area contributed by atoms with Gasteiger partial charge in [0.1, 0.15) is 6.29 Å². The van der Waals surface area contributed by atoms with Crippen LogP contribution in [0.4, 0.5) is 0 Å². The molecule has 0 heterocycles. The molecule has 0 radical (unpaired) electrons. The number of aryl methyl sites for hydroxylation is 1. The number of carbonyl (C=O) groups is 1. The highest BCUT2D eigenvalue weighted by atomic mass is 16.1. The van der Waals surface area contributed by atoms with Crippen molar-refractivity contribution in [3.05, 3.63) is 35.4 Å². The zero-order valence-corrected chi connectivity index (χ0v) is 18.4. The minimum Gasteiger partial charge on any atom is -0.303 e. The maximum Gasteiger partial charge on any atom is 0.126 e. The molecule has 28 heavy (non-hydrogen) atoms. The van der Waals surface area contributed by atoms with Crippen LogP contribution in [0.1, 0.15) is 114 Å². The average Bonchev–Trinajstić information content (AvgIpc) is 2.77. The van der Waals surface area contributed by atoms with Gasteiger partial charge >= 0.3 is 0 Å². The van der Waals surface area contributed by atoms with Gasteiger partial charge in [-0.1, -0.05) is 83.1 Å². The van der Waals surface area contributed by atoms with Gasteiger partial charge in [0.15, 0.2) is 0 Å². The molecule has 0 spiro atoms. The number of aldehydes is 1. The third-order valence-corrected chi connectivity index (χ3v) is 8.10. The van der Waals surface area contributed by atoms with E-state index in [1.807, 2.05) is 0 Å². The molecular weight excluding hydrogens is 340 g/mol. The van der Waals surface area contributed by atoms with Crippen molar-refractivity contribution in [2.45, 2.75) is 110 Å². The van der Waals surface area contributed by atoms with Crippen LogP contribution in [0.2, 0.25) is 0 Å². The molecule has 156 valence electrons. The quantitative estimate of drug-likeness (QED) is 0.397. The SMILES string of the molecule is CCCCC1(C=O)CCC(c2ccc(CCC3CCC(CC)CC3)cc2)CC1. The lowest BCUT2D eigenvalue weighted by molar-refractivity contribution is -0.118. The smallest absolute Gasteiger partial charge is 0.126 e. The minimum atomic E-state index is -0.0107. The standard InChI is InChI=1S/C27H42O/c1-3-5-18-27(21-28)19-16-26(17-20-27)25-14-12-24(13-15-25)11-10-23-8-6-22(4-2)7-9-23/h12-15,21-23,26H,3-11,16-20H2,1-2H3. The topological polar surface area (TPSA) is 17.1 Å². The van der Waals surface area contributed by atoms with Gasteiger partial charge in [0.05, 0.1) is 0 Å². The molecule has 0 unspecified atom stereocenters. The number of hydrogen-bond donors (Lipinski definition) is 0. The first-order chi connectivity index (χ1) is 13.7. The van der Waals surface area contributed by atoms with E-state index in [1.54, 1.807) is 0 Å². The van der Waals surface area contributed by atoms with Gasteiger partial charge in [0, 0.05) is 5.41 Å². The van der Waals surface area contributed by atoms with Gasteiger partial charge in [0.25, 0.3) is 0 Å². The van der Waals surface area contributed by atoms with Gasteiger partial charge in [0.2, 0.25) is 0 Å². The summed E-state index contributed by atoms with van der Waals surface area (Å²) in [6.07, 6.45) is 19.1. The highest BCUT2D eigenvalue weighted by Crippen LogP contribution is 2.44. The molecule has 0 amide bonds. The monoisotopic (exact) mass is 382 g/mol. The Kier molecular flexibility index (Phi) is 8.18. The lowest BCUT2D eigenvalue weighted by Gasteiger charge is -2.36. The molecule has 1 heteroatoms. The van der Waals surface area contributed by atoms with Crippen molar-refractivity contribution >= 4 is 6.29 Å². The second kappa shape index (κ2) is 10.6. The summed E-state index contributed by atoms with van der Waals surface area (Å²) in [4.78, 5) is 11.7. The summed E-state index contributed by atoms with van der Waals surface area (Å²) in [5, 5.41) is 0. The van der Waals surface area contributed by atoms with Gasteiger partial charge in [-0.15, -0.1) is 0 Å². The van der Waals surface area contributed by atoms with Crippen molar-refractivity contribution in [3.63, 3.8) is 0 Å². The van der Waals surface area contributed by atoms with E-state index in [2.05, 4.69) is 38.1 Å². The van der Waals surface area contributed by atoms with E-state index in [0.717, 1.165) is 31.1 Å². The van der Waals surface area contributed by atoms with Gasteiger partial charge in [-0.05, 0) is 73.8 Å². The van der Waals surface area contributed by atoms with Gasteiger partial charge < -0.3 is 4.79 Å². The predicted octanol–water partition coefficient (Wildman–Crippen LogP) is 7.87. The summed E-state index contributed by atoms with van der Waals surface area (Å²) in [5.41, 5.74) is 3.01. The number of rotatable bonds is 9. The fraction of sp³-hybridized carbons (Fsp3) is 0.741. The summed E-state index contributed by atoms with van der Waals surface area (Å²) in [7, 11) is 0. The van der Waals surface area contributed by atoms with Crippen molar-refractivity contribution in [2.24, 2.45) is 17.3 Å². The van der Waals surface area contributed by atoms with E-state index in [0.29, 0.717) is 5.92 Å². The highest BCUT2D eigenvalue weighted by Gasteiger charge is 2.34. The molecule has 0 N–H and O–H groups in total. The Hall–Kier alpha value is -1.11. The third-order valence-electron chi connectivity index (χ3n) is 8.10. The van der Waals surface area contributed by atoms with Gasteiger partial charge in [-0.3, -0.25) is 0 Å². The van der Waals surface area contributed by atoms with Crippen LogP contribution in [-0.4, -0.2) is 6.29 Å². The molecule has 3 rings (SSSR count). The first-order valence-corrected chi connectivity index (χ1v) is 12.2. The Morgan fingerprint density at radius 1 is 0.929 bits per heavy atom. The normalized spacial score (nSPS) is 30.9. The van der Waals surface area contributed by atoms with Crippen molar-refractivity contribution < 1.29 is 4.79 Å². The average molecular weight is 383 g/mol. The maximum absolute atomic E-state index is 11.7. The molecule has 2 aliphatic carbocycles. The van der Waals surface area contributed by atoms with E-state index < -0.39 is 0 Å². The molecule has 2 aliphatic rings. The summed E-state index contributed by atoms with van der Waals surface area (Å²) >= 11 is 0. The molecule has 0 atom stereocenters. The van der Waals surface area contributed by atoms with E-state index in [1.165, 1.54) is 88.0 Å². The second-order valence-corrected chi connectivity index (χ2v) is 9.93. The van der Waals surface area contributed by atoms with Crippen LogP contribution in [0.5, 0.6) is 0 Å². The van der Waals surface area contributed by atoms with E-state index in [4.69, 9.17) is 0 Å². The Labute approximate surface area is 173 Å². The van der Waals surface area contributed by atoms with Crippen molar-refractivity contribution in [1.82, 2.24) is 0 Å². The van der Waals surface area contributed by atoms with Crippen molar-refractivity contribution in [2.75, 3.05) is 0 Å². The fourth-order valence-electron chi connectivity index (χ4n) is 5.74. The van der Waals surface area contributed by atoms with Crippen LogP contribution in [-0.2, 0) is 11.2 Å². The predicted molar refractivity (Wildman–Crippen MR) is 120 cm³/mol. The van der Waals surface area contributed by atoms with Gasteiger partial charge in [-0.25, -0.2) is 0 Å². The first kappa shape index (κ1) is 21.6. The lowest BCUT2D eigenvalue weighted by atomic mass is 9.67. The Morgan fingerprint density at radius 2 is 1.57 bits per heavy atom. The molecule has 0 aliphatic heterocycles. The maximum atomic E-state index is 11.7. The zero-order valence-electron chi connectivity index (χ0n) is 18.4. The van der Waals surface area contributed by atoms with Crippen LogP contribution in [0, 0.1) is 17.3 Å². The molecule has 0 aromatic heterocycles. The molecule has 2 fully saturated rings. The van der Waals surface area contributed by atoms with E-state index in [-0.39, 0.29) is 5.41 Å². The minimum absolute atomic E-state index is 0.0107. The Bertz CT molecular complexity index is 571. The van der Waals surface area contributed by atoms with Crippen molar-refractivity contribution in [1.29, 1.82) is 0 Å². The van der Waals surface area contributed by atoms with Crippen LogP contribution < -0.4 is 0 Å². The Balaban J connectivity index is 1.45. The third kappa shape index (κ3) is 5.71. The van der Waals surface area contributed by atoms with E-state index >= 15 is 0 Å². The molecule has 2 saturated carbocycles. The largest absolute Gasteiger partial charge is 0.303 e. The van der Waals surface area contributed by atoms with Gasteiger partial charge in [-0.2, -0.15) is 0 Å². The molecule has 1 nitrogen and oxygen atoms in total. The van der Waals surface area contributed by atoms with Crippen LogP contribution in [0.15, 0.2) is 24.3 Å². The summed E-state index contributed by atoms with van der Waals surface area (Å²) in [5.74, 6) is 2.62. The summed E-state index contributed by atoms with van der Waals surface area (Å²) in [6, 6.07) is 9.53. The number of unbranched alkanes of at least 4 members (excludes halogenated alkanes) is 1. The molecule has 1 aromatic rings. The summed E-state index contributed by atoms with van der Waals surface area (Å²) < 4.78 is 0. The molecule has 1 aromatic carbocycles. The van der Waals surface area contributed by atoms with Crippen molar-refractivity contribution in [3.8, 4) is 0 Å². The fourth-order valence-corrected chi connectivity index (χ4v) is 5.74. The molecule has 0 saturated heterocycles. The van der Waals surface area contributed by atoms with Crippen LogP contribution >= 0.6 is 0 Å². The van der Waals surface area contributed by atoms with Crippen LogP contribution in [0.25, 0.3) is 0 Å². The highest BCUT2D eigenvalue weighted by molar-refractivity contribution is 5.59. The molecular formula is C27H42O. The van der Waals surface area contributed by atoms with Crippen LogP contribution in [0.3, 0.4) is 0 Å². The zero-order chi connectivity index (χ0) is 19.8. The number of carbonyl (C=O) groups excluding carboxylic acids is 1. The van der Waals surface area contributed by atoms with E-state index in [9.17, 15) is 4.79 Å². The number of hydrogen-bond acceptors (Lipinski definition) is 1. The first-order valence-electron chi connectivity index (χ1n) is 12.2. The lowest BCUT2D eigenvalue weighted by Crippen LogP contribution is -2.28. The second-order valence-electron chi connectivity index (χ2n) is 9.93.